The SMILES string of the molecule is CCn1nc(C(=O)O)cc1COc1ccc(OC)cc1. The van der Waals surface area contributed by atoms with E-state index >= 15 is 0 Å². The van der Waals surface area contributed by atoms with E-state index < -0.39 is 5.97 Å². The van der Waals surface area contributed by atoms with Crippen LogP contribution < -0.4 is 9.47 Å². The van der Waals surface area contributed by atoms with Gasteiger partial charge < -0.3 is 14.6 Å². The normalized spacial score (nSPS) is 10.3. The summed E-state index contributed by atoms with van der Waals surface area (Å²) in [5, 5.41) is 12.9. The van der Waals surface area contributed by atoms with Gasteiger partial charge in [-0.15, -0.1) is 0 Å². The summed E-state index contributed by atoms with van der Waals surface area (Å²) in [6, 6.07) is 8.72. The van der Waals surface area contributed by atoms with Crippen molar-refractivity contribution in [1.82, 2.24) is 9.78 Å². The molecule has 0 saturated heterocycles. The molecule has 6 nitrogen and oxygen atoms in total. The molecule has 2 aromatic rings. The second-order valence-electron chi connectivity index (χ2n) is 4.11. The highest BCUT2D eigenvalue weighted by Crippen LogP contribution is 2.18. The molecular formula is C14H16N2O4. The van der Waals surface area contributed by atoms with Crippen LogP contribution >= 0.6 is 0 Å². The van der Waals surface area contributed by atoms with Crippen LogP contribution in [0.2, 0.25) is 0 Å². The minimum atomic E-state index is -1.04. The van der Waals surface area contributed by atoms with E-state index in [4.69, 9.17) is 14.6 Å². The lowest BCUT2D eigenvalue weighted by Crippen LogP contribution is -2.06. The van der Waals surface area contributed by atoms with E-state index in [1.807, 2.05) is 6.92 Å². The number of aryl methyl sites for hydroxylation is 1. The van der Waals surface area contributed by atoms with E-state index in [-0.39, 0.29) is 12.3 Å². The number of ether oxygens (including phenoxy) is 2. The molecule has 0 aliphatic carbocycles. The highest BCUT2D eigenvalue weighted by atomic mass is 16.5. The van der Waals surface area contributed by atoms with Crippen LogP contribution in [0.3, 0.4) is 0 Å². The summed E-state index contributed by atoms with van der Waals surface area (Å²) in [6.45, 7) is 2.75. The lowest BCUT2D eigenvalue weighted by molar-refractivity contribution is 0.0689. The Morgan fingerprint density at radius 3 is 2.50 bits per heavy atom. The number of benzene rings is 1. The van der Waals surface area contributed by atoms with Crippen molar-refractivity contribution in [3.05, 3.63) is 41.7 Å². The average Bonchev–Trinajstić information content (AvgIpc) is 2.89. The molecule has 6 heteroatoms. The molecule has 106 valence electrons. The summed E-state index contributed by atoms with van der Waals surface area (Å²) in [7, 11) is 1.60. The predicted octanol–water partition coefficient (Wildman–Crippen LogP) is 2.19. The van der Waals surface area contributed by atoms with Gasteiger partial charge in [0.2, 0.25) is 0 Å². The standard InChI is InChI=1S/C14H16N2O4/c1-3-16-10(8-13(15-16)14(17)18)9-20-12-6-4-11(19-2)5-7-12/h4-8H,3,9H2,1-2H3,(H,17,18). The van der Waals surface area contributed by atoms with Gasteiger partial charge in [-0.05, 0) is 37.3 Å². The van der Waals surface area contributed by atoms with E-state index in [1.54, 1.807) is 36.1 Å². The average molecular weight is 276 g/mol. The smallest absolute Gasteiger partial charge is 0.356 e. The first-order chi connectivity index (χ1) is 9.63. The second-order valence-corrected chi connectivity index (χ2v) is 4.11. The van der Waals surface area contributed by atoms with Gasteiger partial charge in [0.1, 0.15) is 18.1 Å². The number of methoxy groups -OCH3 is 1. The van der Waals surface area contributed by atoms with Crippen molar-refractivity contribution in [3.8, 4) is 11.5 Å². The van der Waals surface area contributed by atoms with Crippen molar-refractivity contribution in [2.75, 3.05) is 7.11 Å². The minimum Gasteiger partial charge on any atom is -0.497 e. The van der Waals surface area contributed by atoms with Crippen LogP contribution in [0.5, 0.6) is 11.5 Å². The molecule has 1 aromatic heterocycles. The van der Waals surface area contributed by atoms with Crippen molar-refractivity contribution in [3.63, 3.8) is 0 Å². The molecular weight excluding hydrogens is 260 g/mol. The maximum Gasteiger partial charge on any atom is 0.356 e. The maximum atomic E-state index is 10.9. The number of carbonyl (C=O) groups is 1. The zero-order valence-electron chi connectivity index (χ0n) is 11.4. The van der Waals surface area contributed by atoms with Crippen molar-refractivity contribution < 1.29 is 19.4 Å². The predicted molar refractivity (Wildman–Crippen MR) is 72.2 cm³/mol. The second kappa shape index (κ2) is 6.10. The van der Waals surface area contributed by atoms with E-state index in [0.29, 0.717) is 12.3 Å². The molecule has 0 aliphatic rings. The third kappa shape index (κ3) is 3.09. The Labute approximate surface area is 116 Å². The van der Waals surface area contributed by atoms with Crippen LogP contribution in [0, 0.1) is 0 Å². The van der Waals surface area contributed by atoms with Gasteiger partial charge in [0, 0.05) is 6.54 Å². The Morgan fingerprint density at radius 1 is 1.30 bits per heavy atom. The summed E-state index contributed by atoms with van der Waals surface area (Å²) in [5.41, 5.74) is 0.751. The third-order valence-corrected chi connectivity index (χ3v) is 2.83. The summed E-state index contributed by atoms with van der Waals surface area (Å²) in [4.78, 5) is 10.9. The minimum absolute atomic E-state index is 0.0279. The van der Waals surface area contributed by atoms with Crippen molar-refractivity contribution in [1.29, 1.82) is 0 Å². The number of nitrogens with zero attached hydrogens (tertiary/aromatic N) is 2. The van der Waals surface area contributed by atoms with E-state index in [9.17, 15) is 4.79 Å². The molecule has 0 aliphatic heterocycles. The first-order valence-electron chi connectivity index (χ1n) is 6.21. The molecule has 0 radical (unpaired) electrons. The molecule has 0 amide bonds. The molecule has 0 fully saturated rings. The number of rotatable bonds is 6. The molecule has 0 spiro atoms. The van der Waals surface area contributed by atoms with E-state index in [2.05, 4.69) is 5.10 Å². The Hall–Kier alpha value is -2.50. The maximum absolute atomic E-state index is 10.9. The third-order valence-electron chi connectivity index (χ3n) is 2.83. The highest BCUT2D eigenvalue weighted by Gasteiger charge is 2.12. The van der Waals surface area contributed by atoms with Crippen LogP contribution in [0.15, 0.2) is 30.3 Å². The first kappa shape index (κ1) is 13.9. The van der Waals surface area contributed by atoms with Crippen LogP contribution in [0.25, 0.3) is 0 Å². The molecule has 1 N–H and O–H groups in total. The van der Waals surface area contributed by atoms with Gasteiger partial charge in [-0.3, -0.25) is 4.68 Å². The number of aromatic carboxylic acids is 1. The fraction of sp³-hybridized carbons (Fsp3) is 0.286. The van der Waals surface area contributed by atoms with E-state index in [1.165, 1.54) is 6.07 Å². The number of hydrogen-bond acceptors (Lipinski definition) is 4. The zero-order valence-corrected chi connectivity index (χ0v) is 11.4. The Kier molecular flexibility index (Phi) is 4.24. The fourth-order valence-electron chi connectivity index (χ4n) is 1.78. The lowest BCUT2D eigenvalue weighted by Gasteiger charge is -2.08. The Balaban J connectivity index is 2.07. The molecule has 1 heterocycles. The largest absolute Gasteiger partial charge is 0.497 e. The lowest BCUT2D eigenvalue weighted by atomic mass is 10.3. The van der Waals surface area contributed by atoms with Crippen molar-refractivity contribution in [2.24, 2.45) is 0 Å². The summed E-state index contributed by atoms with van der Waals surface area (Å²) < 4.78 is 12.3. The van der Waals surface area contributed by atoms with Gasteiger partial charge in [0.25, 0.3) is 0 Å². The van der Waals surface area contributed by atoms with Gasteiger partial charge >= 0.3 is 5.97 Å². The van der Waals surface area contributed by atoms with Crippen molar-refractivity contribution in [2.45, 2.75) is 20.1 Å². The molecule has 0 bridgehead atoms. The highest BCUT2D eigenvalue weighted by molar-refractivity contribution is 5.85. The number of carboxylic acids is 1. The quantitative estimate of drug-likeness (QED) is 0.875. The first-order valence-corrected chi connectivity index (χ1v) is 6.21. The molecule has 1 aromatic carbocycles. The van der Waals surface area contributed by atoms with Crippen LogP contribution in [0.1, 0.15) is 23.1 Å². The Bertz CT molecular complexity index is 590. The van der Waals surface area contributed by atoms with Crippen LogP contribution in [-0.4, -0.2) is 28.0 Å². The topological polar surface area (TPSA) is 73.6 Å². The van der Waals surface area contributed by atoms with Crippen LogP contribution in [0.4, 0.5) is 0 Å². The van der Waals surface area contributed by atoms with Gasteiger partial charge in [-0.1, -0.05) is 0 Å². The monoisotopic (exact) mass is 276 g/mol. The molecule has 2 rings (SSSR count). The molecule has 0 unspecified atom stereocenters. The fourth-order valence-corrected chi connectivity index (χ4v) is 1.78. The summed E-state index contributed by atoms with van der Waals surface area (Å²) in [6.07, 6.45) is 0. The summed E-state index contributed by atoms with van der Waals surface area (Å²) >= 11 is 0. The zero-order chi connectivity index (χ0) is 14.5. The number of hydrogen-bond donors (Lipinski definition) is 1. The van der Waals surface area contributed by atoms with Gasteiger partial charge in [-0.2, -0.15) is 5.10 Å². The van der Waals surface area contributed by atoms with E-state index in [0.717, 1.165) is 11.4 Å². The Morgan fingerprint density at radius 2 is 1.95 bits per heavy atom. The van der Waals surface area contributed by atoms with Crippen LogP contribution in [-0.2, 0) is 13.2 Å². The molecule has 0 atom stereocenters. The van der Waals surface area contributed by atoms with Gasteiger partial charge in [0.15, 0.2) is 5.69 Å². The van der Waals surface area contributed by atoms with Gasteiger partial charge in [0.05, 0.1) is 12.8 Å². The molecule has 20 heavy (non-hydrogen) atoms. The van der Waals surface area contributed by atoms with Gasteiger partial charge in [-0.25, -0.2) is 4.79 Å². The number of aromatic nitrogens is 2. The number of carboxylic acid groups (broad SMARTS) is 1. The summed E-state index contributed by atoms with van der Waals surface area (Å²) in [5.74, 6) is 0.401. The van der Waals surface area contributed by atoms with Crippen molar-refractivity contribution >= 4 is 5.97 Å². The molecule has 0 saturated carbocycles.